The van der Waals surface area contributed by atoms with Gasteiger partial charge in [0.1, 0.15) is 28.6 Å². The van der Waals surface area contributed by atoms with Gasteiger partial charge in [-0.05, 0) is 90.2 Å². The van der Waals surface area contributed by atoms with Gasteiger partial charge in [0, 0.05) is 44.4 Å². The quantitative estimate of drug-likeness (QED) is 0.168. The first kappa shape index (κ1) is 34.5. The fourth-order valence-electron chi connectivity index (χ4n) is 8.72. The highest BCUT2D eigenvalue weighted by Gasteiger charge is 2.36. The number of furan rings is 1. The molecule has 5 heteroatoms. The summed E-state index contributed by atoms with van der Waals surface area (Å²) in [5.41, 5.74) is 11.5. The number of anilines is 3. The Morgan fingerprint density at radius 2 is 1.34 bits per heavy atom. The van der Waals surface area contributed by atoms with Gasteiger partial charge in [-0.2, -0.15) is 0 Å². The molecule has 3 aliphatic rings. The SMILES string of the molecule is CC1(C)c2ccccc2Oc2c(N(c3ccc(-c4cccc5c4Sc4ccccc4O5)cc3)c3ccc4oc(-c5ccccc5)c(C5=CCCC=C5)c4c3)cccc21. The van der Waals surface area contributed by atoms with Crippen LogP contribution in [-0.4, -0.2) is 0 Å². The second kappa shape index (κ2) is 13.8. The number of para-hydroxylation sites is 3. The van der Waals surface area contributed by atoms with Crippen LogP contribution in [0.5, 0.6) is 23.0 Å². The molecule has 8 aromatic rings. The third-order valence-corrected chi connectivity index (χ3v) is 12.8. The molecule has 0 atom stereocenters. The summed E-state index contributed by atoms with van der Waals surface area (Å²) in [6.45, 7) is 4.58. The van der Waals surface area contributed by atoms with E-state index < -0.39 is 0 Å². The molecule has 58 heavy (non-hydrogen) atoms. The van der Waals surface area contributed by atoms with Gasteiger partial charge in [0.05, 0.1) is 15.5 Å². The Balaban J connectivity index is 1.09. The van der Waals surface area contributed by atoms with Crippen LogP contribution in [0.25, 0.3) is 39.0 Å². The average Bonchev–Trinajstić information content (AvgIpc) is 3.66. The normalized spacial score (nSPS) is 14.6. The summed E-state index contributed by atoms with van der Waals surface area (Å²) in [6, 6.07) is 55.4. The van der Waals surface area contributed by atoms with Crippen LogP contribution in [0.3, 0.4) is 0 Å². The molecular formula is C53H39NO3S. The van der Waals surface area contributed by atoms with E-state index in [1.54, 1.807) is 11.8 Å². The van der Waals surface area contributed by atoms with Gasteiger partial charge >= 0.3 is 0 Å². The molecule has 0 saturated carbocycles. The van der Waals surface area contributed by atoms with E-state index in [4.69, 9.17) is 13.9 Å². The lowest BCUT2D eigenvalue weighted by atomic mass is 9.75. The van der Waals surface area contributed by atoms with E-state index in [-0.39, 0.29) is 5.41 Å². The van der Waals surface area contributed by atoms with Gasteiger partial charge in [0.2, 0.25) is 0 Å². The minimum atomic E-state index is -0.271. The molecule has 3 heterocycles. The highest BCUT2D eigenvalue weighted by molar-refractivity contribution is 7.99. The minimum Gasteiger partial charge on any atom is -0.455 e. The molecule has 0 N–H and O–H groups in total. The number of rotatable bonds is 6. The van der Waals surface area contributed by atoms with Crippen molar-refractivity contribution >= 4 is 45.4 Å². The number of hydrogen-bond donors (Lipinski definition) is 0. The third-order valence-electron chi connectivity index (χ3n) is 11.6. The van der Waals surface area contributed by atoms with E-state index in [0.29, 0.717) is 0 Å². The highest BCUT2D eigenvalue weighted by atomic mass is 32.2. The van der Waals surface area contributed by atoms with Crippen molar-refractivity contribution in [2.45, 2.75) is 41.9 Å². The van der Waals surface area contributed by atoms with Crippen molar-refractivity contribution in [1.29, 1.82) is 0 Å². The van der Waals surface area contributed by atoms with Crippen LogP contribution in [0.1, 0.15) is 43.4 Å². The fraction of sp³-hybridized carbons (Fsp3) is 0.0943. The zero-order chi connectivity index (χ0) is 38.8. The fourth-order valence-corrected chi connectivity index (χ4v) is 9.81. The zero-order valence-corrected chi connectivity index (χ0v) is 33.1. The summed E-state index contributed by atoms with van der Waals surface area (Å²) in [4.78, 5) is 4.58. The maximum Gasteiger partial charge on any atom is 0.155 e. The molecule has 0 unspecified atom stereocenters. The number of ether oxygens (including phenoxy) is 2. The predicted molar refractivity (Wildman–Crippen MR) is 237 cm³/mol. The van der Waals surface area contributed by atoms with E-state index in [0.717, 1.165) is 107 Å². The third kappa shape index (κ3) is 5.68. The Morgan fingerprint density at radius 1 is 0.603 bits per heavy atom. The van der Waals surface area contributed by atoms with Gasteiger partial charge in [-0.25, -0.2) is 0 Å². The maximum absolute atomic E-state index is 6.93. The van der Waals surface area contributed by atoms with Crippen LogP contribution in [0.15, 0.2) is 190 Å². The van der Waals surface area contributed by atoms with Crippen molar-refractivity contribution in [1.82, 2.24) is 0 Å². The lowest BCUT2D eigenvalue weighted by Gasteiger charge is -2.37. The molecule has 1 aliphatic carbocycles. The second-order valence-electron chi connectivity index (χ2n) is 15.5. The minimum absolute atomic E-state index is 0.271. The zero-order valence-electron chi connectivity index (χ0n) is 32.2. The average molecular weight is 770 g/mol. The van der Waals surface area contributed by atoms with Gasteiger partial charge in [-0.3, -0.25) is 0 Å². The molecule has 0 amide bonds. The first-order valence-corrected chi connectivity index (χ1v) is 20.7. The van der Waals surface area contributed by atoms with Crippen LogP contribution < -0.4 is 14.4 Å². The van der Waals surface area contributed by atoms with Gasteiger partial charge in [-0.1, -0.05) is 141 Å². The molecule has 4 nitrogen and oxygen atoms in total. The van der Waals surface area contributed by atoms with E-state index in [1.807, 2.05) is 18.2 Å². The van der Waals surface area contributed by atoms with Crippen LogP contribution in [-0.2, 0) is 5.41 Å². The second-order valence-corrected chi connectivity index (χ2v) is 16.6. The summed E-state index contributed by atoms with van der Waals surface area (Å²) in [5.74, 6) is 4.40. The Hall–Kier alpha value is -6.69. The number of nitrogens with zero attached hydrogens (tertiary/aromatic N) is 1. The Morgan fingerprint density at radius 3 is 2.19 bits per heavy atom. The van der Waals surface area contributed by atoms with Crippen LogP contribution >= 0.6 is 11.8 Å². The lowest BCUT2D eigenvalue weighted by Crippen LogP contribution is -2.25. The van der Waals surface area contributed by atoms with Crippen molar-refractivity contribution < 1.29 is 13.9 Å². The summed E-state index contributed by atoms with van der Waals surface area (Å²) < 4.78 is 20.0. The number of allylic oxidation sites excluding steroid dienone is 4. The first-order valence-electron chi connectivity index (χ1n) is 19.9. The summed E-state index contributed by atoms with van der Waals surface area (Å²) >= 11 is 1.76. The van der Waals surface area contributed by atoms with Crippen molar-refractivity contribution in [3.8, 4) is 45.4 Å². The van der Waals surface area contributed by atoms with Crippen LogP contribution in [0, 0.1) is 0 Å². The largest absolute Gasteiger partial charge is 0.455 e. The van der Waals surface area contributed by atoms with Crippen molar-refractivity contribution in [2.75, 3.05) is 4.90 Å². The Bertz CT molecular complexity index is 2960. The van der Waals surface area contributed by atoms with Crippen LogP contribution in [0.2, 0.25) is 0 Å². The Labute approximate surface area is 342 Å². The molecule has 0 saturated heterocycles. The van der Waals surface area contributed by atoms with Crippen molar-refractivity contribution in [3.05, 3.63) is 193 Å². The molecule has 7 aromatic carbocycles. The van der Waals surface area contributed by atoms with Gasteiger partial charge < -0.3 is 18.8 Å². The van der Waals surface area contributed by atoms with E-state index in [1.165, 1.54) is 11.1 Å². The number of hydrogen-bond acceptors (Lipinski definition) is 5. The molecular weight excluding hydrogens is 731 g/mol. The first-order chi connectivity index (χ1) is 28.5. The van der Waals surface area contributed by atoms with Crippen molar-refractivity contribution in [2.24, 2.45) is 0 Å². The van der Waals surface area contributed by atoms with Gasteiger partial charge in [0.25, 0.3) is 0 Å². The monoisotopic (exact) mass is 769 g/mol. The van der Waals surface area contributed by atoms with Gasteiger partial charge in [-0.15, -0.1) is 0 Å². The predicted octanol–water partition coefficient (Wildman–Crippen LogP) is 15.7. The summed E-state index contributed by atoms with van der Waals surface area (Å²) in [7, 11) is 0. The summed E-state index contributed by atoms with van der Waals surface area (Å²) in [5, 5.41) is 1.07. The number of benzene rings is 7. The molecule has 11 rings (SSSR count). The van der Waals surface area contributed by atoms with Crippen LogP contribution in [0.4, 0.5) is 17.1 Å². The topological polar surface area (TPSA) is 34.8 Å². The van der Waals surface area contributed by atoms with E-state index >= 15 is 0 Å². The molecule has 0 bridgehead atoms. The highest BCUT2D eigenvalue weighted by Crippen LogP contribution is 2.55. The Kier molecular flexibility index (Phi) is 8.19. The molecule has 0 fully saturated rings. The van der Waals surface area contributed by atoms with Crippen molar-refractivity contribution in [3.63, 3.8) is 0 Å². The maximum atomic E-state index is 6.93. The smallest absolute Gasteiger partial charge is 0.155 e. The van der Waals surface area contributed by atoms with E-state index in [9.17, 15) is 0 Å². The molecule has 0 radical (unpaired) electrons. The molecule has 0 spiro atoms. The van der Waals surface area contributed by atoms with Gasteiger partial charge in [0.15, 0.2) is 5.75 Å². The lowest BCUT2D eigenvalue weighted by molar-refractivity contribution is 0.419. The molecule has 1 aromatic heterocycles. The summed E-state index contributed by atoms with van der Waals surface area (Å²) in [6.07, 6.45) is 8.89. The van der Waals surface area contributed by atoms with E-state index in [2.05, 4.69) is 177 Å². The molecule has 280 valence electrons. The number of fused-ring (bicyclic) bond motifs is 5. The standard InChI is InChI=1S/C53H39NO3S/c1-53(2)41-20-9-10-23-45(41)57-51-42(53)21-14-22-43(51)54(37-29-27-34(28-30-37)39-19-13-25-47-52(39)58-48-26-12-11-24-46(48)55-47)38-31-32-44-40(33-38)49(35-15-5-3-6-16-35)50(56-44)36-17-7-4-8-18-36/h4-5,7-33H,3,6H2,1-2H3. The molecule has 2 aliphatic heterocycles.